The van der Waals surface area contributed by atoms with Crippen molar-refractivity contribution in [3.8, 4) is 11.5 Å². The van der Waals surface area contributed by atoms with Crippen molar-refractivity contribution in [2.24, 2.45) is 4.99 Å². The van der Waals surface area contributed by atoms with Crippen molar-refractivity contribution in [1.82, 2.24) is 10.6 Å². The summed E-state index contributed by atoms with van der Waals surface area (Å²) in [5.41, 5.74) is 1.21. The Kier molecular flexibility index (Phi) is 11.2. The highest BCUT2D eigenvalue weighted by molar-refractivity contribution is 14.0. The molecule has 172 valence electrons. The lowest BCUT2D eigenvalue weighted by Crippen LogP contribution is -2.47. The Morgan fingerprint density at radius 1 is 1.10 bits per heavy atom. The van der Waals surface area contributed by atoms with Crippen molar-refractivity contribution in [2.45, 2.75) is 44.4 Å². The summed E-state index contributed by atoms with van der Waals surface area (Å²) in [6.45, 7) is 2.74. The Morgan fingerprint density at radius 3 is 2.33 bits per heavy atom. The van der Waals surface area contributed by atoms with Crippen molar-refractivity contribution in [3.05, 3.63) is 23.8 Å². The fourth-order valence-electron chi connectivity index (χ4n) is 3.90. The van der Waals surface area contributed by atoms with Crippen LogP contribution in [0, 0.1) is 0 Å². The molecule has 0 aromatic heterocycles. The molecule has 2 N–H and O–H groups in total. The van der Waals surface area contributed by atoms with Gasteiger partial charge in [0.05, 0.1) is 20.0 Å². The average molecular weight is 554 g/mol. The van der Waals surface area contributed by atoms with Gasteiger partial charge in [0.15, 0.2) is 27.3 Å². The molecule has 0 spiro atoms. The second kappa shape index (κ2) is 12.6. The highest BCUT2D eigenvalue weighted by Gasteiger charge is 2.34. The molecule has 0 bridgehead atoms. The Bertz CT molecular complexity index is 793. The largest absolute Gasteiger partial charge is 0.493 e. The molecule has 1 fully saturated rings. The standard InChI is InChI=1S/C21H35N3O4S.HI/c1-5-29(25,26)14-13-23-20(22-2)24-16-21(11-7-6-8-12-21)17-9-10-18(27-3)19(15-17)28-4;/h9-10,15H,5-8,11-14,16H2,1-4H3,(H2,22,23,24);1H. The van der Waals surface area contributed by atoms with Crippen molar-refractivity contribution in [1.29, 1.82) is 0 Å². The van der Waals surface area contributed by atoms with Gasteiger partial charge in [0.1, 0.15) is 0 Å². The predicted molar refractivity (Wildman–Crippen MR) is 133 cm³/mol. The summed E-state index contributed by atoms with van der Waals surface area (Å²) in [4.78, 5) is 4.26. The van der Waals surface area contributed by atoms with Gasteiger partial charge in [-0.2, -0.15) is 0 Å². The summed E-state index contributed by atoms with van der Waals surface area (Å²) in [7, 11) is 2.00. The Balaban J connectivity index is 0.00000450. The maximum absolute atomic E-state index is 11.7. The van der Waals surface area contributed by atoms with E-state index < -0.39 is 9.84 Å². The third-order valence-corrected chi connectivity index (χ3v) is 7.48. The number of benzene rings is 1. The number of aliphatic imine (C=N–C) groups is 1. The SMILES string of the molecule is CCS(=O)(=O)CCNC(=NC)NCC1(c2ccc(OC)c(OC)c2)CCCCC1.I. The van der Waals surface area contributed by atoms with Crippen LogP contribution in [0.15, 0.2) is 23.2 Å². The first-order valence-corrected chi connectivity index (χ1v) is 12.1. The molecule has 0 atom stereocenters. The number of guanidine groups is 1. The van der Waals surface area contributed by atoms with Crippen molar-refractivity contribution in [2.75, 3.05) is 45.9 Å². The van der Waals surface area contributed by atoms with Gasteiger partial charge in [0.2, 0.25) is 0 Å². The molecule has 2 rings (SSSR count). The molecule has 1 aliphatic carbocycles. The molecule has 9 heteroatoms. The van der Waals surface area contributed by atoms with E-state index >= 15 is 0 Å². The summed E-state index contributed by atoms with van der Waals surface area (Å²) in [6, 6.07) is 6.17. The second-order valence-corrected chi connectivity index (χ2v) is 9.97. The highest BCUT2D eigenvalue weighted by Crippen LogP contribution is 2.42. The lowest BCUT2D eigenvalue weighted by Gasteiger charge is -2.38. The van der Waals surface area contributed by atoms with Crippen LogP contribution in [0.1, 0.15) is 44.6 Å². The zero-order valence-corrected chi connectivity index (χ0v) is 21.6. The quantitative estimate of drug-likeness (QED) is 0.278. The van der Waals surface area contributed by atoms with Crippen LogP contribution in [-0.4, -0.2) is 60.2 Å². The monoisotopic (exact) mass is 553 g/mol. The third-order valence-electron chi connectivity index (χ3n) is 5.77. The van der Waals surface area contributed by atoms with Gasteiger partial charge in [-0.15, -0.1) is 24.0 Å². The lowest BCUT2D eigenvalue weighted by atomic mass is 9.69. The van der Waals surface area contributed by atoms with E-state index in [1.807, 2.05) is 6.07 Å². The Hall–Kier alpha value is -1.23. The molecular weight excluding hydrogens is 517 g/mol. The molecule has 0 unspecified atom stereocenters. The van der Waals surface area contributed by atoms with Gasteiger partial charge in [-0.3, -0.25) is 4.99 Å². The number of methoxy groups -OCH3 is 2. The molecule has 1 saturated carbocycles. The van der Waals surface area contributed by atoms with Crippen molar-refractivity contribution >= 4 is 39.8 Å². The summed E-state index contributed by atoms with van der Waals surface area (Å²) < 4.78 is 34.3. The minimum Gasteiger partial charge on any atom is -0.493 e. The lowest BCUT2D eigenvalue weighted by molar-refractivity contribution is 0.288. The van der Waals surface area contributed by atoms with E-state index in [9.17, 15) is 8.42 Å². The molecule has 0 amide bonds. The Labute approximate surface area is 198 Å². The van der Waals surface area contributed by atoms with Crippen LogP contribution >= 0.6 is 24.0 Å². The summed E-state index contributed by atoms with van der Waals surface area (Å²) >= 11 is 0. The van der Waals surface area contributed by atoms with Gasteiger partial charge in [0, 0.05) is 31.3 Å². The molecule has 0 radical (unpaired) electrons. The molecule has 1 aliphatic rings. The van der Waals surface area contributed by atoms with E-state index in [0.29, 0.717) is 12.5 Å². The molecular formula is C21H36IN3O4S. The maximum atomic E-state index is 11.7. The van der Waals surface area contributed by atoms with Crippen LogP contribution in [0.2, 0.25) is 0 Å². The second-order valence-electron chi connectivity index (χ2n) is 7.50. The average Bonchev–Trinajstić information content (AvgIpc) is 2.76. The zero-order chi connectivity index (χ0) is 21.3. The van der Waals surface area contributed by atoms with E-state index in [1.54, 1.807) is 28.2 Å². The number of halogens is 1. The van der Waals surface area contributed by atoms with Gasteiger partial charge < -0.3 is 20.1 Å². The summed E-state index contributed by atoms with van der Waals surface area (Å²) in [6.07, 6.45) is 5.76. The highest BCUT2D eigenvalue weighted by atomic mass is 127. The van der Waals surface area contributed by atoms with Gasteiger partial charge in [-0.05, 0) is 30.5 Å². The predicted octanol–water partition coefficient (Wildman–Crippen LogP) is 3.12. The number of sulfone groups is 1. The minimum absolute atomic E-state index is 0. The summed E-state index contributed by atoms with van der Waals surface area (Å²) in [5.74, 6) is 2.35. The van der Waals surface area contributed by atoms with Crippen LogP contribution in [0.4, 0.5) is 0 Å². The Morgan fingerprint density at radius 2 is 1.77 bits per heavy atom. The number of ether oxygens (including phenoxy) is 2. The van der Waals surface area contributed by atoms with Gasteiger partial charge in [-0.1, -0.05) is 32.3 Å². The van der Waals surface area contributed by atoms with Crippen molar-refractivity contribution in [3.63, 3.8) is 0 Å². The normalized spacial score (nSPS) is 16.3. The fourth-order valence-corrected chi connectivity index (χ4v) is 4.61. The minimum atomic E-state index is -3.00. The molecule has 1 aromatic carbocycles. The molecule has 30 heavy (non-hydrogen) atoms. The number of rotatable bonds is 9. The number of hydrogen-bond donors (Lipinski definition) is 2. The first-order valence-electron chi connectivity index (χ1n) is 10.3. The first-order chi connectivity index (χ1) is 13.9. The van der Waals surface area contributed by atoms with Gasteiger partial charge >= 0.3 is 0 Å². The molecule has 1 aromatic rings. The van der Waals surface area contributed by atoms with E-state index in [2.05, 4.69) is 27.8 Å². The van der Waals surface area contributed by atoms with E-state index in [0.717, 1.165) is 30.9 Å². The maximum Gasteiger partial charge on any atom is 0.191 e. The first kappa shape index (κ1) is 26.8. The smallest absolute Gasteiger partial charge is 0.191 e. The fraction of sp³-hybridized carbons (Fsp3) is 0.667. The molecule has 0 aliphatic heterocycles. The molecule has 0 saturated heterocycles. The van der Waals surface area contributed by atoms with E-state index in [4.69, 9.17) is 9.47 Å². The van der Waals surface area contributed by atoms with Crippen LogP contribution in [0.3, 0.4) is 0 Å². The van der Waals surface area contributed by atoms with Crippen LogP contribution < -0.4 is 20.1 Å². The topological polar surface area (TPSA) is 89.0 Å². The molecule has 0 heterocycles. The van der Waals surface area contributed by atoms with Gasteiger partial charge in [-0.25, -0.2) is 8.42 Å². The molecule has 7 nitrogen and oxygen atoms in total. The third kappa shape index (κ3) is 7.18. The van der Waals surface area contributed by atoms with E-state index in [1.165, 1.54) is 24.8 Å². The van der Waals surface area contributed by atoms with Gasteiger partial charge in [0.25, 0.3) is 0 Å². The number of hydrogen-bond acceptors (Lipinski definition) is 5. The van der Waals surface area contributed by atoms with Crippen LogP contribution in [-0.2, 0) is 15.3 Å². The van der Waals surface area contributed by atoms with Crippen molar-refractivity contribution < 1.29 is 17.9 Å². The number of nitrogens with zero attached hydrogens (tertiary/aromatic N) is 1. The van der Waals surface area contributed by atoms with Crippen LogP contribution in [0.5, 0.6) is 11.5 Å². The zero-order valence-electron chi connectivity index (χ0n) is 18.5. The number of nitrogens with one attached hydrogen (secondary N) is 2. The summed E-state index contributed by atoms with van der Waals surface area (Å²) in [5, 5.41) is 6.54. The van der Waals surface area contributed by atoms with Crippen LogP contribution in [0.25, 0.3) is 0 Å². The van der Waals surface area contributed by atoms with E-state index in [-0.39, 0.29) is 40.9 Å².